The van der Waals surface area contributed by atoms with Crippen LogP contribution in [0.1, 0.15) is 40.1 Å². The fourth-order valence-corrected chi connectivity index (χ4v) is 5.51. The molecule has 32 heavy (non-hydrogen) atoms. The van der Waals surface area contributed by atoms with Gasteiger partial charge in [0.2, 0.25) is 5.43 Å². The molecule has 8 heteroatoms. The summed E-state index contributed by atoms with van der Waals surface area (Å²) in [7, 11) is 0. The molecule has 0 bridgehead atoms. The van der Waals surface area contributed by atoms with E-state index in [2.05, 4.69) is 24.3 Å². The second-order valence-corrected chi connectivity index (χ2v) is 9.05. The summed E-state index contributed by atoms with van der Waals surface area (Å²) in [5, 5.41) is 22.3. The minimum absolute atomic E-state index is 0.0871. The van der Waals surface area contributed by atoms with Crippen molar-refractivity contribution in [3.63, 3.8) is 0 Å². The number of fused-ring (bicyclic) bond motifs is 3. The molecule has 5 rings (SSSR count). The van der Waals surface area contributed by atoms with E-state index in [4.69, 9.17) is 0 Å². The molecule has 0 fully saturated rings. The van der Waals surface area contributed by atoms with Crippen molar-refractivity contribution in [1.29, 1.82) is 0 Å². The molecule has 3 heterocycles. The number of thioether (sulfide) groups is 1. The molecule has 164 valence electrons. The summed E-state index contributed by atoms with van der Waals surface area (Å²) < 4.78 is 1.59. The van der Waals surface area contributed by atoms with Crippen LogP contribution in [0.5, 0.6) is 5.75 Å². The number of pyridine rings is 1. The van der Waals surface area contributed by atoms with Gasteiger partial charge >= 0.3 is 0 Å². The van der Waals surface area contributed by atoms with E-state index in [1.54, 1.807) is 29.6 Å². The van der Waals surface area contributed by atoms with E-state index >= 15 is 0 Å². The quantitative estimate of drug-likeness (QED) is 0.640. The fourth-order valence-electron chi connectivity index (χ4n) is 4.41. The van der Waals surface area contributed by atoms with Gasteiger partial charge in [0.05, 0.1) is 18.7 Å². The first-order chi connectivity index (χ1) is 15.5. The van der Waals surface area contributed by atoms with Crippen molar-refractivity contribution in [2.75, 3.05) is 18.3 Å². The summed E-state index contributed by atoms with van der Waals surface area (Å²) in [6.45, 7) is 1.70. The molecule has 0 saturated carbocycles. The van der Waals surface area contributed by atoms with E-state index in [-0.39, 0.29) is 25.0 Å². The molecule has 1 amide bonds. The highest BCUT2D eigenvalue weighted by Crippen LogP contribution is 2.42. The second kappa shape index (κ2) is 8.03. The Hall–Kier alpha value is -3.23. The Kier molecular flexibility index (Phi) is 5.19. The van der Waals surface area contributed by atoms with Gasteiger partial charge in [0.15, 0.2) is 11.4 Å². The van der Waals surface area contributed by atoms with E-state index in [9.17, 15) is 19.8 Å². The van der Waals surface area contributed by atoms with Gasteiger partial charge < -0.3 is 15.1 Å². The fraction of sp³-hybridized carbons (Fsp3) is 0.250. The summed E-state index contributed by atoms with van der Waals surface area (Å²) in [5.41, 5.74) is 2.66. The lowest BCUT2D eigenvalue weighted by Crippen LogP contribution is -2.58. The number of aliphatic hydroxyl groups is 1. The third kappa shape index (κ3) is 3.18. The smallest absolute Gasteiger partial charge is 0.278 e. The van der Waals surface area contributed by atoms with Crippen LogP contribution in [-0.2, 0) is 5.75 Å². The first kappa shape index (κ1) is 20.7. The van der Waals surface area contributed by atoms with E-state index in [0.717, 1.165) is 21.8 Å². The van der Waals surface area contributed by atoms with Crippen molar-refractivity contribution < 1.29 is 15.0 Å². The number of aromatic nitrogens is 1. The molecular formula is C24H23N3O4S. The van der Waals surface area contributed by atoms with Crippen molar-refractivity contribution in [2.45, 2.75) is 29.7 Å². The Labute approximate surface area is 189 Å². The molecule has 2 unspecified atom stereocenters. The summed E-state index contributed by atoms with van der Waals surface area (Å²) >= 11 is 1.76. The zero-order chi connectivity index (χ0) is 22.4. The number of aromatic hydroxyl groups is 1. The number of hydrogen-bond donors (Lipinski definition) is 2. The largest absolute Gasteiger partial charge is 0.502 e. The Balaban J connectivity index is 1.78. The standard InChI is InChI=1S/C24H23N3O4S/c1-15(12-28)25-14-27(26-11-10-19(29)23(30)22(26)24(25)31)21-17-7-3-2-6-16(17)13-32-20-9-5-4-8-18(20)21/h2-11,15,21,28,30H,12-14H2,1H3. The van der Waals surface area contributed by atoms with Crippen LogP contribution in [-0.4, -0.2) is 45.0 Å². The minimum Gasteiger partial charge on any atom is -0.502 e. The van der Waals surface area contributed by atoms with Gasteiger partial charge in [0, 0.05) is 22.9 Å². The molecular weight excluding hydrogens is 426 g/mol. The summed E-state index contributed by atoms with van der Waals surface area (Å²) in [5.74, 6) is -0.250. The van der Waals surface area contributed by atoms with E-state index in [1.807, 2.05) is 29.3 Å². The van der Waals surface area contributed by atoms with Crippen molar-refractivity contribution >= 4 is 17.7 Å². The normalized spacial score (nSPS) is 18.4. The van der Waals surface area contributed by atoms with Gasteiger partial charge in [-0.15, -0.1) is 11.8 Å². The van der Waals surface area contributed by atoms with Crippen LogP contribution in [0.2, 0.25) is 0 Å². The monoisotopic (exact) mass is 449 g/mol. The molecule has 2 aliphatic rings. The van der Waals surface area contributed by atoms with E-state index < -0.39 is 23.1 Å². The van der Waals surface area contributed by atoms with Gasteiger partial charge in [-0.25, -0.2) is 0 Å². The van der Waals surface area contributed by atoms with Gasteiger partial charge in [-0.05, 0) is 29.7 Å². The van der Waals surface area contributed by atoms with Crippen LogP contribution in [0, 0.1) is 0 Å². The molecule has 0 saturated heterocycles. The van der Waals surface area contributed by atoms with Crippen LogP contribution < -0.4 is 10.4 Å². The lowest BCUT2D eigenvalue weighted by molar-refractivity contribution is 0.0525. The highest BCUT2D eigenvalue weighted by Gasteiger charge is 2.39. The lowest BCUT2D eigenvalue weighted by Gasteiger charge is -2.45. The lowest BCUT2D eigenvalue weighted by atomic mass is 9.94. The van der Waals surface area contributed by atoms with Gasteiger partial charge in [-0.1, -0.05) is 42.5 Å². The highest BCUT2D eigenvalue weighted by molar-refractivity contribution is 7.98. The molecule has 0 radical (unpaired) electrons. The van der Waals surface area contributed by atoms with Crippen molar-refractivity contribution in [1.82, 2.24) is 9.58 Å². The number of nitrogens with zero attached hydrogens (tertiary/aromatic N) is 3. The molecule has 2 aromatic carbocycles. The van der Waals surface area contributed by atoms with Crippen LogP contribution in [0.25, 0.3) is 0 Å². The maximum atomic E-state index is 13.2. The van der Waals surface area contributed by atoms with Crippen molar-refractivity contribution in [3.8, 4) is 5.75 Å². The van der Waals surface area contributed by atoms with Gasteiger partial charge in [-0.2, -0.15) is 0 Å². The zero-order valence-corrected chi connectivity index (χ0v) is 18.3. The molecule has 2 aliphatic heterocycles. The third-order valence-electron chi connectivity index (χ3n) is 6.13. The number of amides is 1. The average molecular weight is 450 g/mol. The predicted octanol–water partition coefficient (Wildman–Crippen LogP) is 2.68. The summed E-state index contributed by atoms with van der Waals surface area (Å²) in [4.78, 5) is 28.1. The average Bonchev–Trinajstić information content (AvgIpc) is 2.98. The van der Waals surface area contributed by atoms with Gasteiger partial charge in [-0.3, -0.25) is 19.3 Å². The number of rotatable bonds is 3. The van der Waals surface area contributed by atoms with Crippen LogP contribution in [0.4, 0.5) is 0 Å². The van der Waals surface area contributed by atoms with Crippen LogP contribution in [0.15, 0.2) is 70.5 Å². The van der Waals surface area contributed by atoms with Crippen LogP contribution in [0.3, 0.4) is 0 Å². The Morgan fingerprint density at radius 3 is 2.56 bits per heavy atom. The molecule has 0 aliphatic carbocycles. The molecule has 3 aromatic rings. The maximum absolute atomic E-state index is 13.2. The van der Waals surface area contributed by atoms with Gasteiger partial charge in [0.25, 0.3) is 5.91 Å². The predicted molar refractivity (Wildman–Crippen MR) is 122 cm³/mol. The molecule has 2 atom stereocenters. The first-order valence-corrected chi connectivity index (χ1v) is 11.4. The topological polar surface area (TPSA) is 86.0 Å². The number of benzene rings is 2. The molecule has 0 spiro atoms. The molecule has 7 nitrogen and oxygen atoms in total. The molecule has 1 aromatic heterocycles. The summed E-state index contributed by atoms with van der Waals surface area (Å²) in [6, 6.07) is 16.9. The summed E-state index contributed by atoms with van der Waals surface area (Å²) in [6.07, 6.45) is 1.54. The van der Waals surface area contributed by atoms with Crippen molar-refractivity contribution in [2.24, 2.45) is 0 Å². The third-order valence-corrected chi connectivity index (χ3v) is 7.27. The number of carbonyl (C=O) groups excluding carboxylic acids is 1. The van der Waals surface area contributed by atoms with E-state index in [1.165, 1.54) is 16.5 Å². The van der Waals surface area contributed by atoms with E-state index in [0.29, 0.717) is 0 Å². The maximum Gasteiger partial charge on any atom is 0.278 e. The Morgan fingerprint density at radius 1 is 1.06 bits per heavy atom. The van der Waals surface area contributed by atoms with Crippen molar-refractivity contribution in [3.05, 3.63) is 93.4 Å². The second-order valence-electron chi connectivity index (χ2n) is 8.04. The first-order valence-electron chi connectivity index (χ1n) is 10.4. The number of carbonyl (C=O) groups is 1. The minimum atomic E-state index is -0.611. The van der Waals surface area contributed by atoms with Crippen LogP contribution >= 0.6 is 11.8 Å². The van der Waals surface area contributed by atoms with Gasteiger partial charge in [0.1, 0.15) is 6.67 Å². The Morgan fingerprint density at radius 2 is 1.78 bits per heavy atom. The number of aliphatic hydroxyl groups excluding tert-OH is 1. The Bertz CT molecular complexity index is 1210. The number of hydrogen-bond acceptors (Lipinski definition) is 6. The highest BCUT2D eigenvalue weighted by atomic mass is 32.2. The molecule has 2 N–H and O–H groups in total. The zero-order valence-electron chi connectivity index (χ0n) is 17.5. The SMILES string of the molecule is CC(CO)N1CN(C2c3ccccc3CSc3ccccc32)n2ccc(=O)c(O)c2C1=O.